The summed E-state index contributed by atoms with van der Waals surface area (Å²) >= 11 is 0. The van der Waals surface area contributed by atoms with Crippen molar-refractivity contribution in [2.24, 2.45) is 5.92 Å². The SMILES string of the molecule is CC(C)C1C(=O)C(C)(NC(=O)OC(C)(C)C)C(=O)N1C(=O)OC(C)(C)C. The van der Waals surface area contributed by atoms with E-state index in [4.69, 9.17) is 9.47 Å². The third-order valence-electron chi connectivity index (χ3n) is 3.66. The molecular formula is C18H30N2O6. The van der Waals surface area contributed by atoms with Crippen LogP contribution in [0, 0.1) is 5.92 Å². The molecule has 0 bridgehead atoms. The van der Waals surface area contributed by atoms with E-state index in [0.29, 0.717) is 0 Å². The first kappa shape index (κ1) is 21.9. The fourth-order valence-electron chi connectivity index (χ4n) is 2.62. The topological polar surface area (TPSA) is 102 Å². The van der Waals surface area contributed by atoms with Gasteiger partial charge in [0.05, 0.1) is 0 Å². The van der Waals surface area contributed by atoms with E-state index < -0.39 is 46.7 Å². The summed E-state index contributed by atoms with van der Waals surface area (Å²) in [6.07, 6.45) is -1.82. The number of alkyl carbamates (subject to hydrolysis) is 1. The maximum Gasteiger partial charge on any atom is 0.417 e. The van der Waals surface area contributed by atoms with Gasteiger partial charge in [-0.3, -0.25) is 9.59 Å². The number of nitrogens with zero attached hydrogens (tertiary/aromatic N) is 1. The molecule has 26 heavy (non-hydrogen) atoms. The van der Waals surface area contributed by atoms with Crippen LogP contribution in [0.4, 0.5) is 9.59 Å². The molecule has 0 radical (unpaired) electrons. The Labute approximate surface area is 154 Å². The third kappa shape index (κ3) is 4.74. The number of amides is 3. The summed E-state index contributed by atoms with van der Waals surface area (Å²) in [7, 11) is 0. The standard InChI is InChI=1S/C18H30N2O6/c1-10(2)11-12(21)18(9,19-14(23)25-16(3,4)5)13(22)20(11)15(24)26-17(6,7)8/h10-11H,1-9H3,(H,19,23). The van der Waals surface area contributed by atoms with Gasteiger partial charge in [-0.05, 0) is 54.4 Å². The molecule has 1 N–H and O–H groups in total. The Bertz CT molecular complexity index is 614. The highest BCUT2D eigenvalue weighted by Gasteiger charge is 2.61. The Morgan fingerprint density at radius 2 is 1.50 bits per heavy atom. The summed E-state index contributed by atoms with van der Waals surface area (Å²) in [6.45, 7) is 14.7. The van der Waals surface area contributed by atoms with Crippen molar-refractivity contribution in [1.29, 1.82) is 0 Å². The molecule has 1 aliphatic heterocycles. The molecule has 8 nitrogen and oxygen atoms in total. The molecule has 0 aromatic rings. The van der Waals surface area contributed by atoms with E-state index in [1.54, 1.807) is 55.4 Å². The first-order chi connectivity index (χ1) is 11.5. The molecule has 1 aliphatic rings. The van der Waals surface area contributed by atoms with E-state index in [-0.39, 0.29) is 5.92 Å². The monoisotopic (exact) mass is 370 g/mol. The Balaban J connectivity index is 3.20. The molecule has 1 rings (SSSR count). The predicted molar refractivity (Wildman–Crippen MR) is 94.5 cm³/mol. The molecule has 1 heterocycles. The van der Waals surface area contributed by atoms with Crippen LogP contribution >= 0.6 is 0 Å². The molecule has 0 saturated carbocycles. The Hall–Kier alpha value is -2.12. The molecule has 2 unspecified atom stereocenters. The minimum absolute atomic E-state index is 0.346. The van der Waals surface area contributed by atoms with Crippen LogP contribution < -0.4 is 5.32 Å². The molecule has 0 spiro atoms. The number of nitrogens with one attached hydrogen (secondary N) is 1. The van der Waals surface area contributed by atoms with Crippen LogP contribution in [0.1, 0.15) is 62.3 Å². The second kappa shape index (κ2) is 6.89. The Morgan fingerprint density at radius 3 is 1.88 bits per heavy atom. The summed E-state index contributed by atoms with van der Waals surface area (Å²) < 4.78 is 10.4. The molecule has 3 amide bonds. The van der Waals surface area contributed by atoms with Crippen LogP contribution in [0.5, 0.6) is 0 Å². The second-order valence-electron chi connectivity index (χ2n) is 8.96. The summed E-state index contributed by atoms with van der Waals surface area (Å²) in [5.41, 5.74) is -3.53. The fraction of sp³-hybridized carbons (Fsp3) is 0.778. The molecule has 0 aromatic heterocycles. The van der Waals surface area contributed by atoms with Gasteiger partial charge in [-0.25, -0.2) is 14.5 Å². The van der Waals surface area contributed by atoms with Crippen molar-refractivity contribution < 1.29 is 28.7 Å². The minimum atomic E-state index is -1.89. The number of hydrogen-bond donors (Lipinski definition) is 1. The van der Waals surface area contributed by atoms with Crippen molar-refractivity contribution in [2.45, 2.75) is 85.1 Å². The minimum Gasteiger partial charge on any atom is -0.444 e. The highest BCUT2D eigenvalue weighted by molar-refractivity contribution is 6.23. The maximum atomic E-state index is 12.9. The van der Waals surface area contributed by atoms with E-state index in [1.807, 2.05) is 0 Å². The first-order valence-electron chi connectivity index (χ1n) is 8.62. The summed E-state index contributed by atoms with van der Waals surface area (Å²) in [4.78, 5) is 51.3. The number of imide groups is 1. The van der Waals surface area contributed by atoms with Crippen LogP contribution in [0.15, 0.2) is 0 Å². The van der Waals surface area contributed by atoms with Crippen LogP contribution in [0.2, 0.25) is 0 Å². The smallest absolute Gasteiger partial charge is 0.417 e. The van der Waals surface area contributed by atoms with Crippen molar-refractivity contribution in [3.05, 3.63) is 0 Å². The zero-order valence-electron chi connectivity index (χ0n) is 17.1. The lowest BCUT2D eigenvalue weighted by molar-refractivity contribution is -0.134. The maximum absolute atomic E-state index is 12.9. The average molecular weight is 370 g/mol. The number of hydrogen-bond acceptors (Lipinski definition) is 6. The zero-order chi connectivity index (χ0) is 20.7. The number of likely N-dealkylation sites (tertiary alicyclic amines) is 1. The van der Waals surface area contributed by atoms with E-state index in [9.17, 15) is 19.2 Å². The van der Waals surface area contributed by atoms with Crippen LogP contribution in [0.25, 0.3) is 0 Å². The van der Waals surface area contributed by atoms with Gasteiger partial charge in [-0.1, -0.05) is 13.8 Å². The number of Topliss-reactive ketones (excluding diaryl/α,β-unsaturated/α-hetero) is 1. The van der Waals surface area contributed by atoms with Crippen molar-refractivity contribution in [3.63, 3.8) is 0 Å². The van der Waals surface area contributed by atoms with Crippen molar-refractivity contribution in [2.75, 3.05) is 0 Å². The lowest BCUT2D eigenvalue weighted by atomic mass is 9.91. The van der Waals surface area contributed by atoms with Crippen molar-refractivity contribution >= 4 is 23.9 Å². The number of ether oxygens (including phenoxy) is 2. The third-order valence-corrected chi connectivity index (χ3v) is 3.66. The van der Waals surface area contributed by atoms with Gasteiger partial charge in [0.25, 0.3) is 5.91 Å². The molecule has 1 fully saturated rings. The Kier molecular flexibility index (Phi) is 5.81. The highest BCUT2D eigenvalue weighted by atomic mass is 16.6. The van der Waals surface area contributed by atoms with E-state index >= 15 is 0 Å². The number of carbonyl (C=O) groups excluding carboxylic acids is 4. The van der Waals surface area contributed by atoms with Gasteiger partial charge in [0.15, 0.2) is 11.3 Å². The predicted octanol–water partition coefficient (Wildman–Crippen LogP) is 2.64. The summed E-state index contributed by atoms with van der Waals surface area (Å²) in [6, 6.07) is -1.03. The van der Waals surface area contributed by atoms with Crippen LogP contribution in [0.3, 0.4) is 0 Å². The van der Waals surface area contributed by atoms with Crippen molar-refractivity contribution in [3.8, 4) is 0 Å². The van der Waals surface area contributed by atoms with Crippen LogP contribution in [-0.2, 0) is 19.1 Å². The molecule has 2 atom stereocenters. The molecular weight excluding hydrogens is 340 g/mol. The zero-order valence-corrected chi connectivity index (χ0v) is 17.1. The van der Waals surface area contributed by atoms with Gasteiger partial charge in [0.2, 0.25) is 0 Å². The lowest BCUT2D eigenvalue weighted by Crippen LogP contribution is -2.57. The van der Waals surface area contributed by atoms with Gasteiger partial charge < -0.3 is 14.8 Å². The molecule has 0 aliphatic carbocycles. The normalized spacial score (nSPS) is 24.1. The highest BCUT2D eigenvalue weighted by Crippen LogP contribution is 2.31. The van der Waals surface area contributed by atoms with E-state index in [1.165, 1.54) is 6.92 Å². The fourth-order valence-corrected chi connectivity index (χ4v) is 2.62. The van der Waals surface area contributed by atoms with Crippen molar-refractivity contribution in [1.82, 2.24) is 10.2 Å². The van der Waals surface area contributed by atoms with Crippen LogP contribution in [-0.4, -0.2) is 51.6 Å². The number of rotatable bonds is 2. The Morgan fingerprint density at radius 1 is 1.04 bits per heavy atom. The molecule has 0 aromatic carbocycles. The second-order valence-corrected chi connectivity index (χ2v) is 8.96. The van der Waals surface area contributed by atoms with E-state index in [2.05, 4.69) is 5.32 Å². The molecule has 1 saturated heterocycles. The number of ketones is 1. The van der Waals surface area contributed by atoms with Gasteiger partial charge in [-0.2, -0.15) is 0 Å². The summed E-state index contributed by atoms with van der Waals surface area (Å²) in [5, 5.41) is 2.33. The van der Waals surface area contributed by atoms with Gasteiger partial charge in [0, 0.05) is 0 Å². The van der Waals surface area contributed by atoms with Gasteiger partial charge in [-0.15, -0.1) is 0 Å². The molecule has 8 heteroatoms. The first-order valence-corrected chi connectivity index (χ1v) is 8.62. The van der Waals surface area contributed by atoms with Gasteiger partial charge >= 0.3 is 12.2 Å². The van der Waals surface area contributed by atoms with Gasteiger partial charge in [0.1, 0.15) is 17.2 Å². The molecule has 148 valence electrons. The quantitative estimate of drug-likeness (QED) is 0.750. The summed E-state index contributed by atoms with van der Waals surface area (Å²) in [5.74, 6) is -1.75. The largest absolute Gasteiger partial charge is 0.444 e. The average Bonchev–Trinajstić information content (AvgIpc) is 2.55. The number of carbonyl (C=O) groups is 4. The lowest BCUT2D eigenvalue weighted by Gasteiger charge is -2.28. The van der Waals surface area contributed by atoms with E-state index in [0.717, 1.165) is 4.90 Å².